The van der Waals surface area contributed by atoms with E-state index in [1.807, 2.05) is 11.8 Å². The second-order valence-electron chi connectivity index (χ2n) is 6.12. The summed E-state index contributed by atoms with van der Waals surface area (Å²) in [7, 11) is -3.71. The third kappa shape index (κ3) is 3.68. The number of likely N-dealkylation sites (tertiary alicyclic amines) is 1. The van der Waals surface area contributed by atoms with Crippen LogP contribution in [0.2, 0.25) is 0 Å². The highest BCUT2D eigenvalue weighted by Crippen LogP contribution is 2.20. The van der Waals surface area contributed by atoms with Crippen molar-refractivity contribution in [1.82, 2.24) is 14.7 Å². The van der Waals surface area contributed by atoms with Crippen LogP contribution < -0.4 is 4.72 Å². The number of hydrogen-bond donors (Lipinski definition) is 1. The van der Waals surface area contributed by atoms with Crippen LogP contribution in [0.25, 0.3) is 0 Å². The molecule has 1 N–H and O–H groups in total. The Bertz CT molecular complexity index is 866. The highest BCUT2D eigenvalue weighted by Gasteiger charge is 2.22. The molecule has 1 aliphatic rings. The zero-order chi connectivity index (χ0) is 18.0. The fraction of sp³-hybridized carbons (Fsp3) is 0.412. The van der Waals surface area contributed by atoms with E-state index in [2.05, 4.69) is 9.82 Å². The Morgan fingerprint density at radius 2 is 1.84 bits per heavy atom. The van der Waals surface area contributed by atoms with Gasteiger partial charge in [-0.05, 0) is 51.0 Å². The normalized spacial score (nSPS) is 14.7. The van der Waals surface area contributed by atoms with Gasteiger partial charge in [0.15, 0.2) is 0 Å². The van der Waals surface area contributed by atoms with Crippen LogP contribution in [0.3, 0.4) is 0 Å². The Balaban J connectivity index is 1.76. The van der Waals surface area contributed by atoms with E-state index in [9.17, 15) is 13.2 Å². The number of rotatable bonds is 5. The van der Waals surface area contributed by atoms with Crippen molar-refractivity contribution < 1.29 is 13.2 Å². The maximum Gasteiger partial charge on any atom is 0.265 e. The van der Waals surface area contributed by atoms with Crippen LogP contribution in [-0.2, 0) is 16.6 Å². The van der Waals surface area contributed by atoms with Crippen LogP contribution in [0.4, 0.5) is 5.69 Å². The lowest BCUT2D eigenvalue weighted by atomic mass is 10.2. The van der Waals surface area contributed by atoms with E-state index in [4.69, 9.17) is 0 Å². The number of amides is 1. The number of hydrogen-bond acceptors (Lipinski definition) is 4. The first kappa shape index (κ1) is 17.5. The lowest BCUT2D eigenvalue weighted by Gasteiger charge is -2.15. The summed E-state index contributed by atoms with van der Waals surface area (Å²) in [6, 6.07) is 6.53. The van der Waals surface area contributed by atoms with Gasteiger partial charge < -0.3 is 4.90 Å². The largest absolute Gasteiger partial charge is 0.339 e. The van der Waals surface area contributed by atoms with Crippen molar-refractivity contribution in [2.24, 2.45) is 0 Å². The predicted molar refractivity (Wildman–Crippen MR) is 95.0 cm³/mol. The number of aryl methyl sites for hydroxylation is 2. The standard InChI is InChI=1S/C17H22N4O3S/c1-3-21-12-16(13(2)18-21)25(23,24)19-15-8-6-14(7-9-15)17(22)20-10-4-5-11-20/h6-9,12,19H,3-5,10-11H2,1-2H3. The Kier molecular flexibility index (Phi) is 4.80. The molecule has 0 unspecified atom stereocenters. The van der Waals surface area contributed by atoms with Gasteiger partial charge in [0.1, 0.15) is 4.90 Å². The third-order valence-corrected chi connectivity index (χ3v) is 5.78. The number of carbonyl (C=O) groups is 1. The molecule has 2 heterocycles. The monoisotopic (exact) mass is 362 g/mol. The first-order valence-electron chi connectivity index (χ1n) is 8.37. The fourth-order valence-electron chi connectivity index (χ4n) is 2.92. The minimum absolute atomic E-state index is 0.00743. The number of benzene rings is 1. The average molecular weight is 362 g/mol. The molecule has 1 fully saturated rings. The Labute approximate surface area is 147 Å². The summed E-state index contributed by atoms with van der Waals surface area (Å²) in [5.74, 6) is -0.00743. The van der Waals surface area contributed by atoms with Gasteiger partial charge in [-0.2, -0.15) is 5.10 Å². The van der Waals surface area contributed by atoms with Gasteiger partial charge in [-0.1, -0.05) is 0 Å². The van der Waals surface area contributed by atoms with Crippen molar-refractivity contribution in [2.45, 2.75) is 38.1 Å². The molecule has 1 saturated heterocycles. The Hall–Kier alpha value is -2.35. The number of nitrogens with zero attached hydrogens (tertiary/aromatic N) is 3. The summed E-state index contributed by atoms with van der Waals surface area (Å²) in [4.78, 5) is 14.3. The van der Waals surface area contributed by atoms with Gasteiger partial charge in [0.2, 0.25) is 0 Å². The number of sulfonamides is 1. The first-order valence-corrected chi connectivity index (χ1v) is 9.85. The number of aromatic nitrogens is 2. The molecule has 1 aromatic carbocycles. The van der Waals surface area contributed by atoms with Crippen molar-refractivity contribution >= 4 is 21.6 Å². The maximum absolute atomic E-state index is 12.5. The lowest BCUT2D eigenvalue weighted by molar-refractivity contribution is 0.0793. The van der Waals surface area contributed by atoms with Crippen LogP contribution in [-0.4, -0.2) is 42.1 Å². The van der Waals surface area contributed by atoms with Gasteiger partial charge in [-0.3, -0.25) is 14.2 Å². The van der Waals surface area contributed by atoms with Crippen molar-refractivity contribution in [3.05, 3.63) is 41.7 Å². The van der Waals surface area contributed by atoms with E-state index < -0.39 is 10.0 Å². The minimum atomic E-state index is -3.71. The van der Waals surface area contributed by atoms with Gasteiger partial charge >= 0.3 is 0 Å². The Morgan fingerprint density at radius 3 is 2.40 bits per heavy atom. The molecule has 25 heavy (non-hydrogen) atoms. The van der Waals surface area contributed by atoms with Crippen molar-refractivity contribution in [3.8, 4) is 0 Å². The third-order valence-electron chi connectivity index (χ3n) is 4.29. The lowest BCUT2D eigenvalue weighted by Crippen LogP contribution is -2.27. The highest BCUT2D eigenvalue weighted by atomic mass is 32.2. The summed E-state index contributed by atoms with van der Waals surface area (Å²) >= 11 is 0. The van der Waals surface area contributed by atoms with Gasteiger partial charge in [-0.15, -0.1) is 0 Å². The van der Waals surface area contributed by atoms with Gasteiger partial charge in [0.25, 0.3) is 15.9 Å². The molecule has 2 aromatic rings. The smallest absolute Gasteiger partial charge is 0.265 e. The number of carbonyl (C=O) groups excluding carboxylic acids is 1. The average Bonchev–Trinajstić information content (AvgIpc) is 3.24. The van der Waals surface area contributed by atoms with Crippen LogP contribution >= 0.6 is 0 Å². The molecule has 0 saturated carbocycles. The maximum atomic E-state index is 12.5. The van der Waals surface area contributed by atoms with E-state index in [1.165, 1.54) is 6.20 Å². The predicted octanol–water partition coefficient (Wildman–Crippen LogP) is 2.25. The molecule has 0 radical (unpaired) electrons. The SMILES string of the molecule is CCn1cc(S(=O)(=O)Nc2ccc(C(=O)N3CCCC3)cc2)c(C)n1. The molecule has 0 spiro atoms. The molecule has 0 aliphatic carbocycles. The van der Waals surface area contributed by atoms with Crippen LogP contribution in [0.1, 0.15) is 35.8 Å². The van der Waals surface area contributed by atoms with E-state index in [0.717, 1.165) is 25.9 Å². The van der Waals surface area contributed by atoms with Crippen molar-refractivity contribution in [3.63, 3.8) is 0 Å². The molecule has 0 bridgehead atoms. The van der Waals surface area contributed by atoms with E-state index in [1.54, 1.807) is 35.9 Å². The van der Waals surface area contributed by atoms with E-state index in [-0.39, 0.29) is 10.8 Å². The highest BCUT2D eigenvalue weighted by molar-refractivity contribution is 7.92. The zero-order valence-corrected chi connectivity index (χ0v) is 15.2. The van der Waals surface area contributed by atoms with Gasteiger partial charge in [-0.25, -0.2) is 8.42 Å². The molecular formula is C17H22N4O3S. The molecular weight excluding hydrogens is 340 g/mol. The molecule has 3 rings (SSSR count). The first-order chi connectivity index (χ1) is 11.9. The second kappa shape index (κ2) is 6.87. The zero-order valence-electron chi connectivity index (χ0n) is 14.4. The molecule has 1 aliphatic heterocycles. The van der Waals surface area contributed by atoms with Crippen molar-refractivity contribution in [2.75, 3.05) is 17.8 Å². The topological polar surface area (TPSA) is 84.3 Å². The summed E-state index contributed by atoms with van der Waals surface area (Å²) in [5, 5.41) is 4.17. The molecule has 7 nitrogen and oxygen atoms in total. The van der Waals surface area contributed by atoms with Crippen LogP contribution in [0.5, 0.6) is 0 Å². The summed E-state index contributed by atoms with van der Waals surface area (Å²) in [5.41, 5.74) is 1.44. The van der Waals surface area contributed by atoms with Crippen LogP contribution in [0.15, 0.2) is 35.4 Å². The molecule has 1 aromatic heterocycles. The Morgan fingerprint density at radius 1 is 1.20 bits per heavy atom. The summed E-state index contributed by atoms with van der Waals surface area (Å²) in [6.45, 7) is 5.73. The number of nitrogens with one attached hydrogen (secondary N) is 1. The van der Waals surface area contributed by atoms with E-state index in [0.29, 0.717) is 23.5 Å². The number of anilines is 1. The fourth-order valence-corrected chi connectivity index (χ4v) is 4.17. The van der Waals surface area contributed by atoms with E-state index >= 15 is 0 Å². The molecule has 134 valence electrons. The van der Waals surface area contributed by atoms with Crippen molar-refractivity contribution in [1.29, 1.82) is 0 Å². The van der Waals surface area contributed by atoms with Gasteiger partial charge in [0.05, 0.1) is 5.69 Å². The van der Waals surface area contributed by atoms with Gasteiger partial charge in [0, 0.05) is 37.1 Å². The second-order valence-corrected chi connectivity index (χ2v) is 7.77. The summed E-state index contributed by atoms with van der Waals surface area (Å²) in [6.07, 6.45) is 3.59. The molecule has 1 amide bonds. The minimum Gasteiger partial charge on any atom is -0.339 e. The summed E-state index contributed by atoms with van der Waals surface area (Å²) < 4.78 is 29.2. The molecule has 0 atom stereocenters. The quantitative estimate of drug-likeness (QED) is 0.884. The molecule has 8 heteroatoms. The van der Waals surface area contributed by atoms with Crippen LogP contribution in [0, 0.1) is 6.92 Å².